The molecule has 1 atom stereocenters. The average molecular weight is 298 g/mol. The maximum absolute atomic E-state index is 12.3. The van der Waals surface area contributed by atoms with Crippen LogP contribution in [0.15, 0.2) is 24.3 Å². The quantitative estimate of drug-likeness (QED) is 0.854. The first-order valence-corrected chi connectivity index (χ1v) is 8.45. The highest BCUT2D eigenvalue weighted by molar-refractivity contribution is 7.88. The number of ether oxygens (including phenoxy) is 1. The van der Waals surface area contributed by atoms with E-state index in [1.807, 2.05) is 25.1 Å². The minimum absolute atomic E-state index is 0.0313. The van der Waals surface area contributed by atoms with Crippen molar-refractivity contribution in [2.45, 2.75) is 37.6 Å². The second kappa shape index (κ2) is 6.22. The number of sulfonamides is 1. The zero-order valence-corrected chi connectivity index (χ0v) is 12.6. The SMILES string of the molecule is CC1(NS(=O)(=O)Cc2cccc(CN)c2)CCCOC1. The van der Waals surface area contributed by atoms with E-state index in [0.717, 1.165) is 24.0 Å². The van der Waals surface area contributed by atoms with E-state index in [-0.39, 0.29) is 5.75 Å². The Bertz CT molecular complexity index is 551. The molecule has 2 rings (SSSR count). The molecular weight excluding hydrogens is 276 g/mol. The highest BCUT2D eigenvalue weighted by Crippen LogP contribution is 2.20. The van der Waals surface area contributed by atoms with Gasteiger partial charge in [0.15, 0.2) is 0 Å². The number of benzene rings is 1. The highest BCUT2D eigenvalue weighted by atomic mass is 32.2. The average Bonchev–Trinajstić information content (AvgIpc) is 2.37. The molecule has 0 spiro atoms. The highest BCUT2D eigenvalue weighted by Gasteiger charge is 2.32. The number of nitrogens with one attached hydrogen (secondary N) is 1. The Morgan fingerprint density at radius 1 is 1.40 bits per heavy atom. The molecule has 1 heterocycles. The van der Waals surface area contributed by atoms with Crippen molar-refractivity contribution in [1.82, 2.24) is 4.72 Å². The predicted octanol–water partition coefficient (Wildman–Crippen LogP) is 1.13. The van der Waals surface area contributed by atoms with Crippen LogP contribution in [-0.2, 0) is 27.1 Å². The summed E-state index contributed by atoms with van der Waals surface area (Å²) in [5.74, 6) is -0.0313. The van der Waals surface area contributed by atoms with Crippen LogP contribution >= 0.6 is 0 Å². The third-order valence-electron chi connectivity index (χ3n) is 3.42. The van der Waals surface area contributed by atoms with Crippen LogP contribution in [0.1, 0.15) is 30.9 Å². The summed E-state index contributed by atoms with van der Waals surface area (Å²) in [6, 6.07) is 7.36. The van der Waals surface area contributed by atoms with E-state index in [2.05, 4.69) is 4.72 Å². The van der Waals surface area contributed by atoms with Crippen molar-refractivity contribution in [1.29, 1.82) is 0 Å². The summed E-state index contributed by atoms with van der Waals surface area (Å²) in [5.41, 5.74) is 6.76. The molecule has 3 N–H and O–H groups in total. The fraction of sp³-hybridized carbons (Fsp3) is 0.571. The van der Waals surface area contributed by atoms with Crippen LogP contribution in [0.5, 0.6) is 0 Å². The topological polar surface area (TPSA) is 81.4 Å². The fourth-order valence-corrected chi connectivity index (χ4v) is 4.09. The standard InChI is InChI=1S/C14H22N2O3S/c1-14(6-3-7-19-11-14)16-20(17,18)10-13-5-2-4-12(8-13)9-15/h2,4-5,8,16H,3,6-7,9-11,15H2,1H3. The zero-order valence-electron chi connectivity index (χ0n) is 11.8. The molecule has 1 fully saturated rings. The Morgan fingerprint density at radius 3 is 2.80 bits per heavy atom. The Hall–Kier alpha value is -0.950. The summed E-state index contributed by atoms with van der Waals surface area (Å²) in [7, 11) is -3.39. The minimum atomic E-state index is -3.39. The molecule has 1 aliphatic rings. The van der Waals surface area contributed by atoms with Crippen molar-refractivity contribution < 1.29 is 13.2 Å². The van der Waals surface area contributed by atoms with Crippen LogP contribution in [0.2, 0.25) is 0 Å². The monoisotopic (exact) mass is 298 g/mol. The zero-order chi connectivity index (χ0) is 14.6. The lowest BCUT2D eigenvalue weighted by Gasteiger charge is -2.33. The van der Waals surface area contributed by atoms with Gasteiger partial charge in [0.1, 0.15) is 0 Å². The van der Waals surface area contributed by atoms with Gasteiger partial charge in [-0.05, 0) is 30.9 Å². The largest absolute Gasteiger partial charge is 0.380 e. The number of nitrogens with two attached hydrogens (primary N) is 1. The van der Waals surface area contributed by atoms with Crippen molar-refractivity contribution in [3.8, 4) is 0 Å². The van der Waals surface area contributed by atoms with Crippen LogP contribution in [0.3, 0.4) is 0 Å². The van der Waals surface area contributed by atoms with Crippen molar-refractivity contribution in [2.75, 3.05) is 13.2 Å². The van der Waals surface area contributed by atoms with Gasteiger partial charge in [-0.3, -0.25) is 0 Å². The van der Waals surface area contributed by atoms with E-state index in [1.165, 1.54) is 0 Å². The van der Waals surface area contributed by atoms with Crippen LogP contribution in [0.25, 0.3) is 0 Å². The minimum Gasteiger partial charge on any atom is -0.380 e. The first kappa shape index (κ1) is 15.4. The van der Waals surface area contributed by atoms with Gasteiger partial charge in [-0.2, -0.15) is 0 Å². The molecule has 0 saturated carbocycles. The molecule has 0 amide bonds. The third-order valence-corrected chi connectivity index (χ3v) is 4.94. The lowest BCUT2D eigenvalue weighted by atomic mass is 9.97. The second-order valence-corrected chi connectivity index (χ2v) is 7.32. The van der Waals surface area contributed by atoms with E-state index in [1.54, 1.807) is 6.07 Å². The lowest BCUT2D eigenvalue weighted by Crippen LogP contribution is -2.51. The van der Waals surface area contributed by atoms with Crippen LogP contribution < -0.4 is 10.5 Å². The van der Waals surface area contributed by atoms with Crippen molar-refractivity contribution in [3.05, 3.63) is 35.4 Å². The molecule has 0 aromatic heterocycles. The van der Waals surface area contributed by atoms with Gasteiger partial charge in [0.25, 0.3) is 0 Å². The van der Waals surface area contributed by atoms with E-state index in [9.17, 15) is 8.42 Å². The molecule has 1 aromatic rings. The van der Waals surface area contributed by atoms with Crippen LogP contribution in [-0.4, -0.2) is 27.2 Å². The molecule has 1 aromatic carbocycles. The Labute approximate surface area is 120 Å². The molecule has 6 heteroatoms. The van der Waals surface area contributed by atoms with E-state index >= 15 is 0 Å². The molecule has 5 nitrogen and oxygen atoms in total. The van der Waals surface area contributed by atoms with E-state index < -0.39 is 15.6 Å². The summed E-state index contributed by atoms with van der Waals surface area (Å²) in [6.45, 7) is 3.43. The van der Waals surface area contributed by atoms with E-state index in [4.69, 9.17) is 10.5 Å². The van der Waals surface area contributed by atoms with Crippen LogP contribution in [0, 0.1) is 0 Å². The third kappa shape index (κ3) is 4.28. The first-order valence-electron chi connectivity index (χ1n) is 6.80. The van der Waals surface area contributed by atoms with Gasteiger partial charge in [-0.1, -0.05) is 24.3 Å². The maximum Gasteiger partial charge on any atom is 0.216 e. The van der Waals surface area contributed by atoms with Crippen molar-refractivity contribution in [3.63, 3.8) is 0 Å². The van der Waals surface area contributed by atoms with Gasteiger partial charge in [0, 0.05) is 13.2 Å². The molecule has 0 radical (unpaired) electrons. The Balaban J connectivity index is 2.06. The Morgan fingerprint density at radius 2 is 2.15 bits per heavy atom. The Kier molecular flexibility index (Phi) is 4.80. The molecule has 1 unspecified atom stereocenters. The smallest absolute Gasteiger partial charge is 0.216 e. The molecule has 0 aliphatic carbocycles. The predicted molar refractivity (Wildman–Crippen MR) is 78.6 cm³/mol. The van der Waals surface area contributed by atoms with Gasteiger partial charge in [0.2, 0.25) is 10.0 Å². The van der Waals surface area contributed by atoms with Gasteiger partial charge in [-0.15, -0.1) is 0 Å². The molecule has 1 saturated heterocycles. The summed E-state index contributed by atoms with van der Waals surface area (Å²) in [6.07, 6.45) is 1.68. The van der Waals surface area contributed by atoms with Gasteiger partial charge >= 0.3 is 0 Å². The number of hydrogen-bond acceptors (Lipinski definition) is 4. The fourth-order valence-electron chi connectivity index (χ4n) is 2.49. The number of rotatable bonds is 5. The first-order chi connectivity index (χ1) is 9.42. The number of hydrogen-bond donors (Lipinski definition) is 2. The van der Waals surface area contributed by atoms with Crippen molar-refractivity contribution >= 4 is 10.0 Å². The summed E-state index contributed by atoms with van der Waals surface area (Å²) in [5, 5.41) is 0. The van der Waals surface area contributed by atoms with Crippen LogP contribution in [0.4, 0.5) is 0 Å². The summed E-state index contributed by atoms with van der Waals surface area (Å²) in [4.78, 5) is 0. The summed E-state index contributed by atoms with van der Waals surface area (Å²) >= 11 is 0. The van der Waals surface area contributed by atoms with Gasteiger partial charge in [0.05, 0.1) is 17.9 Å². The van der Waals surface area contributed by atoms with Crippen molar-refractivity contribution in [2.24, 2.45) is 5.73 Å². The summed E-state index contributed by atoms with van der Waals surface area (Å²) < 4.78 is 32.7. The lowest BCUT2D eigenvalue weighted by molar-refractivity contribution is 0.0386. The van der Waals surface area contributed by atoms with Gasteiger partial charge < -0.3 is 10.5 Å². The second-order valence-electron chi connectivity index (χ2n) is 5.60. The molecule has 112 valence electrons. The molecule has 0 bridgehead atoms. The maximum atomic E-state index is 12.3. The molecule has 20 heavy (non-hydrogen) atoms. The van der Waals surface area contributed by atoms with Gasteiger partial charge in [-0.25, -0.2) is 13.1 Å². The van der Waals surface area contributed by atoms with E-state index in [0.29, 0.717) is 19.8 Å². The molecule has 1 aliphatic heterocycles. The normalized spacial score (nSPS) is 23.7. The molecular formula is C14H22N2O3S.